The molecule has 0 N–H and O–H groups in total. The van der Waals surface area contributed by atoms with E-state index in [4.69, 9.17) is 0 Å². The summed E-state index contributed by atoms with van der Waals surface area (Å²) in [5, 5.41) is 4.62. The molecular weight excluding hydrogens is 338 g/mol. The molecule has 0 unspecified atom stereocenters. The van der Waals surface area contributed by atoms with Crippen LogP contribution < -0.4 is 4.90 Å². The molecule has 4 aromatic rings. The molecule has 0 saturated carbocycles. The number of hydrogen-bond donors (Lipinski definition) is 0. The largest absolute Gasteiger partial charge is 0.342 e. The number of imidazole rings is 1. The Morgan fingerprint density at radius 3 is 2.88 bits per heavy atom. The molecule has 6 nitrogen and oxygen atoms in total. The Balaban J connectivity index is 1.69. The van der Waals surface area contributed by atoms with Gasteiger partial charge in [-0.1, -0.05) is 16.6 Å². The maximum Gasteiger partial charge on any atom is 0.214 e. The van der Waals surface area contributed by atoms with Crippen LogP contribution in [0.2, 0.25) is 0 Å². The molecule has 0 radical (unpaired) electrons. The maximum absolute atomic E-state index is 14.1. The summed E-state index contributed by atoms with van der Waals surface area (Å²) >= 11 is 0. The summed E-state index contributed by atoms with van der Waals surface area (Å²) < 4.78 is 29.5. The fourth-order valence-electron chi connectivity index (χ4n) is 3.53. The second kappa shape index (κ2) is 5.62. The zero-order valence-corrected chi connectivity index (χ0v) is 13.6. The van der Waals surface area contributed by atoms with Gasteiger partial charge in [-0.15, -0.1) is 0 Å². The lowest BCUT2D eigenvalue weighted by Gasteiger charge is -2.34. The molecule has 1 atom stereocenters. The first kappa shape index (κ1) is 15.0. The van der Waals surface area contributed by atoms with Crippen molar-refractivity contribution in [3.05, 3.63) is 78.0 Å². The highest BCUT2D eigenvalue weighted by Gasteiger charge is 2.35. The molecule has 1 aliphatic heterocycles. The fourth-order valence-corrected chi connectivity index (χ4v) is 3.53. The van der Waals surface area contributed by atoms with Crippen LogP contribution in [0.4, 0.5) is 14.7 Å². The van der Waals surface area contributed by atoms with Gasteiger partial charge < -0.3 is 4.90 Å². The van der Waals surface area contributed by atoms with E-state index in [2.05, 4.69) is 15.1 Å². The molecule has 0 fully saturated rings. The molecule has 1 aliphatic rings. The fraction of sp³-hybridized carbons (Fsp3) is 0.167. The van der Waals surface area contributed by atoms with Gasteiger partial charge in [0.2, 0.25) is 5.95 Å². The summed E-state index contributed by atoms with van der Waals surface area (Å²) in [6, 6.07) is 11.9. The molecular formula is C18H14F2N6. The SMILES string of the molecule is Fc1cccc(N2CCc3c(ncn3F)[C@H]2c2cc3ccccn3n2)n1. The van der Waals surface area contributed by atoms with Crippen LogP contribution in [0.25, 0.3) is 5.52 Å². The number of pyridine rings is 2. The molecule has 5 rings (SSSR count). The van der Waals surface area contributed by atoms with E-state index >= 15 is 0 Å². The van der Waals surface area contributed by atoms with Gasteiger partial charge in [0, 0.05) is 19.2 Å². The molecule has 0 bridgehead atoms. The van der Waals surface area contributed by atoms with E-state index in [9.17, 15) is 8.87 Å². The van der Waals surface area contributed by atoms with Crippen molar-refractivity contribution in [2.24, 2.45) is 0 Å². The molecule has 0 amide bonds. The van der Waals surface area contributed by atoms with Gasteiger partial charge in [-0.3, -0.25) is 0 Å². The number of anilines is 1. The van der Waals surface area contributed by atoms with Gasteiger partial charge in [0.1, 0.15) is 18.2 Å². The van der Waals surface area contributed by atoms with Crippen molar-refractivity contribution in [2.75, 3.05) is 11.4 Å². The van der Waals surface area contributed by atoms with Crippen LogP contribution in [0.5, 0.6) is 0 Å². The van der Waals surface area contributed by atoms with Crippen molar-refractivity contribution in [2.45, 2.75) is 12.5 Å². The van der Waals surface area contributed by atoms with Crippen molar-refractivity contribution < 1.29 is 8.87 Å². The third kappa shape index (κ3) is 2.26. The van der Waals surface area contributed by atoms with E-state index in [1.165, 1.54) is 6.07 Å². The topological polar surface area (TPSA) is 51.2 Å². The zero-order valence-electron chi connectivity index (χ0n) is 13.6. The zero-order chi connectivity index (χ0) is 17.7. The average Bonchev–Trinajstić information content (AvgIpc) is 3.24. The minimum absolute atomic E-state index is 0.440. The van der Waals surface area contributed by atoms with Crippen molar-refractivity contribution in [1.82, 2.24) is 24.4 Å². The lowest BCUT2D eigenvalue weighted by atomic mass is 9.99. The number of aromatic nitrogens is 5. The van der Waals surface area contributed by atoms with Crippen molar-refractivity contribution in [3.63, 3.8) is 0 Å². The Hall–Kier alpha value is -3.29. The molecule has 0 aliphatic carbocycles. The van der Waals surface area contributed by atoms with Crippen molar-refractivity contribution in [1.29, 1.82) is 0 Å². The Bertz CT molecular complexity index is 1070. The van der Waals surface area contributed by atoms with E-state index < -0.39 is 12.0 Å². The normalized spacial score (nSPS) is 16.8. The van der Waals surface area contributed by atoms with Crippen LogP contribution >= 0.6 is 0 Å². The van der Waals surface area contributed by atoms with Crippen molar-refractivity contribution >= 4 is 11.3 Å². The van der Waals surface area contributed by atoms with Gasteiger partial charge >= 0.3 is 0 Å². The maximum atomic E-state index is 14.1. The van der Waals surface area contributed by atoms with Crippen LogP contribution in [0.3, 0.4) is 0 Å². The first-order valence-electron chi connectivity index (χ1n) is 8.26. The molecule has 0 saturated heterocycles. The van der Waals surface area contributed by atoms with E-state index in [-0.39, 0.29) is 0 Å². The number of nitrogens with zero attached hydrogens (tertiary/aromatic N) is 6. The van der Waals surface area contributed by atoms with E-state index in [0.717, 1.165) is 11.8 Å². The summed E-state index contributed by atoms with van der Waals surface area (Å²) in [5.74, 6) is -0.0795. The summed E-state index contributed by atoms with van der Waals surface area (Å²) in [6.45, 7) is 0.484. The molecule has 8 heteroatoms. The number of fused-ring (bicyclic) bond motifs is 2. The van der Waals surface area contributed by atoms with Crippen LogP contribution in [-0.2, 0) is 6.42 Å². The third-order valence-electron chi connectivity index (χ3n) is 4.68. The first-order chi connectivity index (χ1) is 12.7. The predicted molar refractivity (Wildman–Crippen MR) is 91.0 cm³/mol. The summed E-state index contributed by atoms with van der Waals surface area (Å²) in [5.41, 5.74) is 2.72. The monoisotopic (exact) mass is 352 g/mol. The first-order valence-corrected chi connectivity index (χ1v) is 8.26. The number of halogens is 2. The van der Waals surface area contributed by atoms with Crippen LogP contribution in [0.1, 0.15) is 23.1 Å². The lowest BCUT2D eigenvalue weighted by molar-refractivity contribution is 0.348. The highest BCUT2D eigenvalue weighted by Crippen LogP contribution is 2.36. The van der Waals surface area contributed by atoms with Gasteiger partial charge in [0.25, 0.3) is 0 Å². The van der Waals surface area contributed by atoms with E-state index in [1.54, 1.807) is 16.6 Å². The van der Waals surface area contributed by atoms with Crippen LogP contribution in [-0.4, -0.2) is 30.9 Å². The predicted octanol–water partition coefficient (Wildman–Crippen LogP) is 2.95. The summed E-state index contributed by atoms with van der Waals surface area (Å²) in [4.78, 5) is 10.7. The van der Waals surface area contributed by atoms with Gasteiger partial charge in [0.15, 0.2) is 0 Å². The molecule has 26 heavy (non-hydrogen) atoms. The summed E-state index contributed by atoms with van der Waals surface area (Å²) in [6.07, 6.45) is 3.46. The van der Waals surface area contributed by atoms with E-state index in [1.807, 2.05) is 35.4 Å². The second-order valence-corrected chi connectivity index (χ2v) is 6.19. The highest BCUT2D eigenvalue weighted by atomic mass is 19.2. The Labute approximate surface area is 147 Å². The standard InChI is InChI=1S/C18H14F2N6/c19-15-5-3-6-16(22-15)24-9-7-14-17(21-11-25(14)20)18(24)13-10-12-4-1-2-8-26(12)23-13/h1-6,8,10-11,18H,7,9H2/t18-/m1/s1. The minimum Gasteiger partial charge on any atom is -0.342 e. The Morgan fingerprint density at radius 2 is 2.04 bits per heavy atom. The van der Waals surface area contributed by atoms with Gasteiger partial charge in [-0.2, -0.15) is 14.3 Å². The van der Waals surface area contributed by atoms with E-state index in [0.29, 0.717) is 40.7 Å². The average molecular weight is 352 g/mol. The van der Waals surface area contributed by atoms with Crippen LogP contribution in [0, 0.1) is 5.95 Å². The molecule has 0 spiro atoms. The number of hydrogen-bond acceptors (Lipinski definition) is 4. The second-order valence-electron chi connectivity index (χ2n) is 6.19. The quantitative estimate of drug-likeness (QED) is 0.521. The summed E-state index contributed by atoms with van der Waals surface area (Å²) in [7, 11) is 0. The molecule has 4 aromatic heterocycles. The highest BCUT2D eigenvalue weighted by molar-refractivity contribution is 5.53. The minimum atomic E-state index is -0.557. The smallest absolute Gasteiger partial charge is 0.214 e. The third-order valence-corrected chi connectivity index (χ3v) is 4.68. The van der Waals surface area contributed by atoms with Gasteiger partial charge in [0.05, 0.1) is 22.6 Å². The number of rotatable bonds is 2. The Kier molecular flexibility index (Phi) is 3.24. The van der Waals surface area contributed by atoms with Gasteiger partial charge in [-0.25, -0.2) is 14.5 Å². The van der Waals surface area contributed by atoms with Crippen LogP contribution in [0.15, 0.2) is 55.0 Å². The molecule has 130 valence electrons. The lowest BCUT2D eigenvalue weighted by Crippen LogP contribution is -2.37. The molecule has 0 aromatic carbocycles. The van der Waals surface area contributed by atoms with Gasteiger partial charge in [-0.05, 0) is 30.3 Å². The van der Waals surface area contributed by atoms with Crippen molar-refractivity contribution in [3.8, 4) is 0 Å². The molecule has 5 heterocycles. The Morgan fingerprint density at radius 1 is 1.12 bits per heavy atom.